The smallest absolute Gasteiger partial charge is 0.379 e. The number of ether oxygens (including phenoxy) is 1. The van der Waals surface area contributed by atoms with Gasteiger partial charge in [-0.1, -0.05) is 24.3 Å². The molecule has 10 heteroatoms. The summed E-state index contributed by atoms with van der Waals surface area (Å²) in [5.74, 6) is -1.82. The minimum Gasteiger partial charge on any atom is -0.379 e. The van der Waals surface area contributed by atoms with Crippen molar-refractivity contribution in [1.82, 2.24) is 10.2 Å². The van der Waals surface area contributed by atoms with E-state index in [0.717, 1.165) is 49.9 Å². The van der Waals surface area contributed by atoms with Crippen LogP contribution in [0.4, 0.5) is 22.4 Å². The highest BCUT2D eigenvalue weighted by atomic mass is 32.2. The van der Waals surface area contributed by atoms with E-state index in [4.69, 9.17) is 4.74 Å². The summed E-state index contributed by atoms with van der Waals surface area (Å²) in [6.45, 7) is 3.76. The zero-order chi connectivity index (χ0) is 24.3. The Morgan fingerprint density at radius 3 is 2.47 bits per heavy atom. The first-order valence-electron chi connectivity index (χ1n) is 10.8. The molecule has 0 aliphatic carbocycles. The van der Waals surface area contributed by atoms with Crippen LogP contribution in [0, 0.1) is 5.82 Å². The van der Waals surface area contributed by atoms with Crippen LogP contribution in [0.3, 0.4) is 0 Å². The number of nitrogens with one attached hydrogen (secondary N) is 1. The van der Waals surface area contributed by atoms with Gasteiger partial charge in [0, 0.05) is 13.1 Å². The Hall–Kier alpha value is -2.69. The van der Waals surface area contributed by atoms with Crippen molar-refractivity contribution in [2.24, 2.45) is 0 Å². The maximum absolute atomic E-state index is 13.7. The fourth-order valence-electron chi connectivity index (χ4n) is 4.01. The number of imide groups is 1. The third-order valence-corrected chi connectivity index (χ3v) is 6.63. The molecule has 2 aliphatic rings. The van der Waals surface area contributed by atoms with Gasteiger partial charge >= 0.3 is 6.18 Å². The number of rotatable bonds is 6. The maximum Gasteiger partial charge on any atom is 0.419 e. The minimum atomic E-state index is -4.82. The molecule has 2 fully saturated rings. The van der Waals surface area contributed by atoms with Crippen molar-refractivity contribution >= 4 is 28.5 Å². The molecule has 2 heterocycles. The second-order valence-corrected chi connectivity index (χ2v) is 8.97. The lowest BCUT2D eigenvalue weighted by Gasteiger charge is -2.26. The van der Waals surface area contributed by atoms with Crippen LogP contribution in [0.1, 0.15) is 24.0 Å². The Bertz CT molecular complexity index is 1130. The fraction of sp³-hybridized carbons (Fsp3) is 0.333. The molecule has 0 spiro atoms. The molecule has 1 N–H and O–H groups in total. The largest absolute Gasteiger partial charge is 0.419 e. The summed E-state index contributed by atoms with van der Waals surface area (Å²) in [7, 11) is 0. The summed E-state index contributed by atoms with van der Waals surface area (Å²) in [6, 6.07) is 9.58. The first kappa shape index (κ1) is 24.4. The van der Waals surface area contributed by atoms with E-state index in [9.17, 15) is 27.2 Å². The maximum atomic E-state index is 13.7. The van der Waals surface area contributed by atoms with Crippen LogP contribution in [0.2, 0.25) is 0 Å². The zero-order valence-corrected chi connectivity index (χ0v) is 18.9. The van der Waals surface area contributed by atoms with Crippen LogP contribution in [0.15, 0.2) is 47.4 Å². The van der Waals surface area contributed by atoms with E-state index in [1.807, 2.05) is 0 Å². The molecule has 4 rings (SSSR count). The summed E-state index contributed by atoms with van der Waals surface area (Å²) in [5, 5.41) is 1.80. The molecular formula is C24H22F4N2O3S. The van der Waals surface area contributed by atoms with Crippen LogP contribution >= 0.6 is 11.8 Å². The van der Waals surface area contributed by atoms with Crippen molar-refractivity contribution in [1.29, 1.82) is 0 Å². The molecule has 2 saturated heterocycles. The van der Waals surface area contributed by atoms with Gasteiger partial charge in [0.15, 0.2) is 0 Å². The van der Waals surface area contributed by atoms with E-state index in [0.29, 0.717) is 41.2 Å². The van der Waals surface area contributed by atoms with E-state index >= 15 is 0 Å². The van der Waals surface area contributed by atoms with Crippen molar-refractivity contribution in [2.45, 2.75) is 19.0 Å². The molecule has 34 heavy (non-hydrogen) atoms. The van der Waals surface area contributed by atoms with Gasteiger partial charge < -0.3 is 4.74 Å². The topological polar surface area (TPSA) is 58.6 Å². The molecular weight excluding hydrogens is 472 g/mol. The average Bonchev–Trinajstić information content (AvgIpc) is 3.14. The number of hydrogen-bond acceptors (Lipinski definition) is 5. The lowest BCUT2D eigenvalue weighted by Crippen LogP contribution is -2.36. The van der Waals surface area contributed by atoms with E-state index < -0.39 is 28.7 Å². The summed E-state index contributed by atoms with van der Waals surface area (Å²) in [6.07, 6.45) is -3.59. The Morgan fingerprint density at radius 1 is 1.06 bits per heavy atom. The molecule has 180 valence electrons. The number of carbonyl (C=O) groups is 2. The number of alkyl halides is 3. The van der Waals surface area contributed by atoms with Gasteiger partial charge in [0.25, 0.3) is 11.1 Å². The molecule has 2 aliphatic heterocycles. The molecule has 2 aromatic rings. The SMILES string of the molecule is O=C1NC(=O)/C(=C(\CCCN2CCOCC2)c2cccc(-c3ccc(F)c(C(F)(F)F)c3)c2)S1. The van der Waals surface area contributed by atoms with Crippen molar-refractivity contribution in [3.05, 3.63) is 64.3 Å². The summed E-state index contributed by atoms with van der Waals surface area (Å²) >= 11 is 0.820. The van der Waals surface area contributed by atoms with E-state index in [2.05, 4.69) is 10.2 Å². The number of morpholine rings is 1. The van der Waals surface area contributed by atoms with Crippen molar-refractivity contribution in [3.8, 4) is 11.1 Å². The third-order valence-electron chi connectivity index (χ3n) is 5.71. The lowest BCUT2D eigenvalue weighted by atomic mass is 9.95. The number of nitrogens with zero attached hydrogens (tertiary/aromatic N) is 1. The predicted octanol–water partition coefficient (Wildman–Crippen LogP) is 5.32. The van der Waals surface area contributed by atoms with E-state index in [1.165, 1.54) is 6.07 Å². The summed E-state index contributed by atoms with van der Waals surface area (Å²) in [4.78, 5) is 26.8. The van der Waals surface area contributed by atoms with E-state index in [-0.39, 0.29) is 5.56 Å². The quantitative estimate of drug-likeness (QED) is 0.435. The van der Waals surface area contributed by atoms with Gasteiger partial charge in [-0.3, -0.25) is 19.8 Å². The van der Waals surface area contributed by atoms with Crippen LogP contribution in [-0.4, -0.2) is 48.9 Å². The number of allylic oxidation sites excluding steroid dienone is 1. The third kappa shape index (κ3) is 5.68. The Labute approximate surface area is 198 Å². The number of halogens is 4. The number of benzene rings is 2. The number of amides is 2. The molecule has 0 unspecified atom stereocenters. The van der Waals surface area contributed by atoms with Gasteiger partial charge in [-0.25, -0.2) is 4.39 Å². The average molecular weight is 495 g/mol. The minimum absolute atomic E-state index is 0.202. The summed E-state index contributed by atoms with van der Waals surface area (Å²) < 4.78 is 58.7. The lowest BCUT2D eigenvalue weighted by molar-refractivity contribution is -0.140. The van der Waals surface area contributed by atoms with E-state index in [1.54, 1.807) is 24.3 Å². The molecule has 0 atom stereocenters. The second kappa shape index (κ2) is 10.3. The normalized spacial score (nSPS) is 18.8. The standard InChI is InChI=1S/C24H22F4N2O3S/c25-20-7-6-16(14-19(20)24(26,27)28)15-3-1-4-17(13-15)18(21-22(31)29-23(32)34-21)5-2-8-30-9-11-33-12-10-30/h1,3-4,6-7,13-14H,2,5,8-12H2,(H,29,31,32)/b21-18-. The highest BCUT2D eigenvalue weighted by molar-refractivity contribution is 8.18. The number of hydrogen-bond donors (Lipinski definition) is 1. The Morgan fingerprint density at radius 2 is 1.79 bits per heavy atom. The molecule has 0 aromatic heterocycles. The van der Waals surface area contributed by atoms with Gasteiger partial charge in [0.05, 0.1) is 23.7 Å². The highest BCUT2D eigenvalue weighted by Gasteiger charge is 2.34. The van der Waals surface area contributed by atoms with Crippen LogP contribution in [-0.2, 0) is 15.7 Å². The van der Waals surface area contributed by atoms with Gasteiger partial charge in [-0.05, 0) is 71.6 Å². The highest BCUT2D eigenvalue weighted by Crippen LogP contribution is 2.37. The molecule has 5 nitrogen and oxygen atoms in total. The Kier molecular flexibility index (Phi) is 7.39. The molecule has 0 radical (unpaired) electrons. The van der Waals surface area contributed by atoms with Crippen LogP contribution < -0.4 is 5.32 Å². The van der Waals surface area contributed by atoms with Gasteiger partial charge in [-0.15, -0.1) is 0 Å². The summed E-state index contributed by atoms with van der Waals surface area (Å²) in [5.41, 5.74) is 0.596. The van der Waals surface area contributed by atoms with Crippen molar-refractivity contribution in [3.63, 3.8) is 0 Å². The molecule has 2 aromatic carbocycles. The number of carbonyl (C=O) groups excluding carboxylic acids is 2. The Balaban J connectivity index is 1.65. The second-order valence-electron chi connectivity index (χ2n) is 7.98. The van der Waals surface area contributed by atoms with Gasteiger partial charge in [-0.2, -0.15) is 13.2 Å². The molecule has 0 saturated carbocycles. The predicted molar refractivity (Wildman–Crippen MR) is 121 cm³/mol. The van der Waals surface area contributed by atoms with Gasteiger partial charge in [0.2, 0.25) is 0 Å². The fourth-order valence-corrected chi connectivity index (χ4v) is 4.83. The van der Waals surface area contributed by atoms with Crippen LogP contribution in [0.25, 0.3) is 16.7 Å². The number of thioether (sulfide) groups is 1. The van der Waals surface area contributed by atoms with Crippen molar-refractivity contribution in [2.75, 3.05) is 32.8 Å². The molecule has 2 amide bonds. The first-order valence-corrected chi connectivity index (χ1v) is 11.6. The van der Waals surface area contributed by atoms with Crippen LogP contribution in [0.5, 0.6) is 0 Å². The zero-order valence-electron chi connectivity index (χ0n) is 18.1. The monoisotopic (exact) mass is 494 g/mol. The van der Waals surface area contributed by atoms with Gasteiger partial charge in [0.1, 0.15) is 5.82 Å². The first-order chi connectivity index (χ1) is 16.2. The van der Waals surface area contributed by atoms with Crippen molar-refractivity contribution < 1.29 is 31.9 Å². The molecule has 0 bridgehead atoms.